The Bertz CT molecular complexity index is 1010. The van der Waals surface area contributed by atoms with Gasteiger partial charge in [-0.05, 0) is 36.2 Å². The second-order valence-corrected chi connectivity index (χ2v) is 7.35. The average molecular weight is 413 g/mol. The molecule has 28 heavy (non-hydrogen) atoms. The molecule has 0 saturated carbocycles. The van der Waals surface area contributed by atoms with E-state index in [0.29, 0.717) is 22.3 Å². The van der Waals surface area contributed by atoms with Crippen molar-refractivity contribution in [3.63, 3.8) is 0 Å². The van der Waals surface area contributed by atoms with Crippen molar-refractivity contribution < 1.29 is 17.6 Å². The molecule has 2 unspecified atom stereocenters. The van der Waals surface area contributed by atoms with E-state index in [0.717, 1.165) is 0 Å². The van der Waals surface area contributed by atoms with Gasteiger partial charge >= 0.3 is 6.18 Å². The summed E-state index contributed by atoms with van der Waals surface area (Å²) in [7, 11) is 3.06. The molecule has 3 aromatic rings. The molecule has 0 amide bonds. The summed E-state index contributed by atoms with van der Waals surface area (Å²) in [5.74, 6) is -0.468. The number of nitrogens with zero attached hydrogens (tertiary/aromatic N) is 3. The van der Waals surface area contributed by atoms with Gasteiger partial charge in [-0.2, -0.15) is 13.2 Å². The Labute approximate surface area is 163 Å². The van der Waals surface area contributed by atoms with Gasteiger partial charge in [-0.25, -0.2) is 19.4 Å². The number of hydrogen-bond donors (Lipinski definition) is 1. The standard InChI is InChI=1S/C19H17ClF4N4/c1-27-15(8-16(28(27)2)19(22,23)24)11-6-10-7-14(26-18(10)25-9-11)17-12(20)4-3-5-13(17)21/h3-7,9,15-16H,8H2,1-2H3,(H,25,26). The van der Waals surface area contributed by atoms with Crippen molar-refractivity contribution in [2.75, 3.05) is 14.1 Å². The summed E-state index contributed by atoms with van der Waals surface area (Å²) in [6.07, 6.45) is -2.84. The molecule has 1 saturated heterocycles. The van der Waals surface area contributed by atoms with Crippen LogP contribution in [0.3, 0.4) is 0 Å². The van der Waals surface area contributed by atoms with E-state index >= 15 is 0 Å². The molecular weight excluding hydrogens is 396 g/mol. The van der Waals surface area contributed by atoms with E-state index in [1.54, 1.807) is 36.5 Å². The van der Waals surface area contributed by atoms with Crippen LogP contribution < -0.4 is 0 Å². The zero-order valence-electron chi connectivity index (χ0n) is 15.1. The Kier molecular flexibility index (Phi) is 4.60. The van der Waals surface area contributed by atoms with Gasteiger partial charge in [0.05, 0.1) is 22.3 Å². The van der Waals surface area contributed by atoms with Gasteiger partial charge in [0.2, 0.25) is 0 Å². The van der Waals surface area contributed by atoms with Gasteiger partial charge in [0.1, 0.15) is 17.5 Å². The number of hydrazine groups is 1. The molecule has 1 fully saturated rings. The molecule has 1 aliphatic heterocycles. The molecule has 4 nitrogen and oxygen atoms in total. The van der Waals surface area contributed by atoms with Crippen molar-refractivity contribution in [2.45, 2.75) is 24.7 Å². The fourth-order valence-electron chi connectivity index (χ4n) is 3.76. The summed E-state index contributed by atoms with van der Waals surface area (Å²) in [6.45, 7) is 0. The third-order valence-electron chi connectivity index (χ3n) is 5.33. The molecule has 1 aromatic carbocycles. The zero-order valence-corrected chi connectivity index (χ0v) is 15.8. The summed E-state index contributed by atoms with van der Waals surface area (Å²) in [6, 6.07) is 5.91. The van der Waals surface area contributed by atoms with Crippen molar-refractivity contribution >= 4 is 22.6 Å². The quantitative estimate of drug-likeness (QED) is 0.589. The summed E-state index contributed by atoms with van der Waals surface area (Å²) in [5, 5.41) is 3.72. The highest BCUT2D eigenvalue weighted by atomic mass is 35.5. The van der Waals surface area contributed by atoms with Crippen LogP contribution in [0.4, 0.5) is 17.6 Å². The fraction of sp³-hybridized carbons (Fsp3) is 0.316. The van der Waals surface area contributed by atoms with Gasteiger partial charge < -0.3 is 4.98 Å². The first kappa shape index (κ1) is 19.2. The molecule has 4 rings (SSSR count). The highest BCUT2D eigenvalue weighted by Crippen LogP contribution is 2.41. The number of aromatic amines is 1. The average Bonchev–Trinajstić information content (AvgIpc) is 3.15. The maximum absolute atomic E-state index is 14.2. The number of aromatic nitrogens is 2. The molecular formula is C19H17ClF4N4. The third kappa shape index (κ3) is 3.15. The van der Waals surface area contributed by atoms with Crippen LogP contribution in [0, 0.1) is 5.82 Å². The van der Waals surface area contributed by atoms with Gasteiger partial charge in [-0.1, -0.05) is 17.7 Å². The number of hydrogen-bond acceptors (Lipinski definition) is 3. The summed E-state index contributed by atoms with van der Waals surface area (Å²) < 4.78 is 54.0. The van der Waals surface area contributed by atoms with Crippen molar-refractivity contribution in [3.05, 3.63) is 52.9 Å². The summed E-state index contributed by atoms with van der Waals surface area (Å²) in [4.78, 5) is 7.36. The molecule has 0 radical (unpaired) electrons. The molecule has 2 atom stereocenters. The molecule has 3 heterocycles. The highest BCUT2D eigenvalue weighted by Gasteiger charge is 2.50. The first-order valence-corrected chi connectivity index (χ1v) is 9.00. The van der Waals surface area contributed by atoms with Gasteiger partial charge in [0.25, 0.3) is 0 Å². The lowest BCUT2D eigenvalue weighted by atomic mass is 10.0. The maximum Gasteiger partial charge on any atom is 0.405 e. The predicted octanol–water partition coefficient (Wildman–Crippen LogP) is 5.18. The van der Waals surface area contributed by atoms with Gasteiger partial charge in [-0.3, -0.25) is 0 Å². The summed E-state index contributed by atoms with van der Waals surface area (Å²) in [5.41, 5.74) is 1.88. The van der Waals surface area contributed by atoms with E-state index in [2.05, 4.69) is 9.97 Å². The number of benzene rings is 1. The number of rotatable bonds is 2. The number of nitrogens with one attached hydrogen (secondary N) is 1. The van der Waals surface area contributed by atoms with Crippen LogP contribution in [-0.2, 0) is 0 Å². The Hall–Kier alpha value is -2.16. The smallest absolute Gasteiger partial charge is 0.339 e. The van der Waals surface area contributed by atoms with Crippen LogP contribution in [0.2, 0.25) is 5.02 Å². The topological polar surface area (TPSA) is 35.2 Å². The van der Waals surface area contributed by atoms with Crippen LogP contribution in [0.25, 0.3) is 22.3 Å². The Balaban J connectivity index is 1.71. The highest BCUT2D eigenvalue weighted by molar-refractivity contribution is 6.33. The minimum Gasteiger partial charge on any atom is -0.339 e. The van der Waals surface area contributed by atoms with Crippen LogP contribution in [0.5, 0.6) is 0 Å². The molecule has 1 N–H and O–H groups in total. The van der Waals surface area contributed by atoms with Gasteiger partial charge in [0, 0.05) is 25.7 Å². The lowest BCUT2D eigenvalue weighted by Gasteiger charge is -2.28. The van der Waals surface area contributed by atoms with E-state index in [9.17, 15) is 17.6 Å². The molecule has 1 aliphatic rings. The van der Waals surface area contributed by atoms with Crippen LogP contribution in [0.1, 0.15) is 18.0 Å². The monoisotopic (exact) mass is 412 g/mol. The first-order valence-electron chi connectivity index (χ1n) is 8.62. The van der Waals surface area contributed by atoms with E-state index in [-0.39, 0.29) is 17.0 Å². The van der Waals surface area contributed by atoms with Crippen molar-refractivity contribution in [1.82, 2.24) is 20.0 Å². The normalized spacial score (nSPS) is 21.7. The SMILES string of the molecule is CN1C(c2cnc3[nH]c(-c4c(F)cccc4Cl)cc3c2)CC(C(F)(F)F)N1C. The number of alkyl halides is 3. The fourth-order valence-corrected chi connectivity index (χ4v) is 4.02. The lowest BCUT2D eigenvalue weighted by molar-refractivity contribution is -0.191. The van der Waals surface area contributed by atoms with Crippen molar-refractivity contribution in [1.29, 1.82) is 0 Å². The molecule has 2 aromatic heterocycles. The largest absolute Gasteiger partial charge is 0.405 e. The second-order valence-electron chi connectivity index (χ2n) is 6.94. The number of fused-ring (bicyclic) bond motifs is 1. The Morgan fingerprint density at radius 1 is 1.18 bits per heavy atom. The number of halogens is 5. The van der Waals surface area contributed by atoms with Crippen LogP contribution in [0.15, 0.2) is 36.5 Å². The van der Waals surface area contributed by atoms with Crippen molar-refractivity contribution in [2.24, 2.45) is 0 Å². The lowest BCUT2D eigenvalue weighted by Crippen LogP contribution is -2.43. The van der Waals surface area contributed by atoms with Crippen LogP contribution >= 0.6 is 11.6 Å². The molecule has 0 bridgehead atoms. The number of pyridine rings is 1. The second kappa shape index (κ2) is 6.72. The minimum atomic E-state index is -4.31. The predicted molar refractivity (Wildman–Crippen MR) is 99.2 cm³/mol. The number of H-pyrrole nitrogens is 1. The minimum absolute atomic E-state index is 0.0832. The Morgan fingerprint density at radius 2 is 1.93 bits per heavy atom. The Morgan fingerprint density at radius 3 is 2.57 bits per heavy atom. The van der Waals surface area contributed by atoms with Crippen molar-refractivity contribution in [3.8, 4) is 11.3 Å². The third-order valence-corrected chi connectivity index (χ3v) is 5.65. The molecule has 0 aliphatic carbocycles. The van der Waals surface area contributed by atoms with E-state index in [1.165, 1.54) is 24.2 Å². The van der Waals surface area contributed by atoms with E-state index in [1.807, 2.05) is 0 Å². The van der Waals surface area contributed by atoms with Gasteiger partial charge in [0.15, 0.2) is 0 Å². The molecule has 9 heteroatoms. The molecule has 0 spiro atoms. The van der Waals surface area contributed by atoms with Gasteiger partial charge in [-0.15, -0.1) is 0 Å². The maximum atomic E-state index is 14.2. The molecule has 148 valence electrons. The summed E-state index contributed by atoms with van der Waals surface area (Å²) >= 11 is 6.12. The van der Waals surface area contributed by atoms with Crippen LogP contribution in [-0.4, -0.2) is 46.3 Å². The zero-order chi connectivity index (χ0) is 20.2. The first-order chi connectivity index (χ1) is 13.2. The van der Waals surface area contributed by atoms with E-state index in [4.69, 9.17) is 11.6 Å². The van der Waals surface area contributed by atoms with E-state index < -0.39 is 24.1 Å².